The number of rotatable bonds is 5. The number of fused-ring (bicyclic) bond motifs is 1. The summed E-state index contributed by atoms with van der Waals surface area (Å²) in [4.78, 5) is 20.4. The quantitative estimate of drug-likeness (QED) is 0.760. The minimum atomic E-state index is -0.193. The van der Waals surface area contributed by atoms with Gasteiger partial charge >= 0.3 is 5.69 Å². The number of pyridine rings is 1. The summed E-state index contributed by atoms with van der Waals surface area (Å²) < 4.78 is 2.86. The van der Waals surface area contributed by atoms with E-state index in [9.17, 15) is 4.79 Å². The lowest BCUT2D eigenvalue weighted by molar-refractivity contribution is 0.646. The van der Waals surface area contributed by atoms with Crippen LogP contribution in [-0.4, -0.2) is 30.7 Å². The Morgan fingerprint density at radius 2 is 2.24 bits per heavy atom. The Kier molecular flexibility index (Phi) is 3.63. The fourth-order valence-corrected chi connectivity index (χ4v) is 2.08. The molecule has 1 N–H and O–H groups in total. The zero-order chi connectivity index (χ0) is 14.7. The Labute approximate surface area is 121 Å². The smallest absolute Gasteiger partial charge is 0.350 e. The molecule has 0 aliphatic heterocycles. The van der Waals surface area contributed by atoms with E-state index >= 15 is 0 Å². The molecular weight excluding hydrogens is 268 g/mol. The van der Waals surface area contributed by atoms with E-state index in [4.69, 9.17) is 0 Å². The number of nitrogens with one attached hydrogen (secondary N) is 1. The maximum Gasteiger partial charge on any atom is 0.350 e. The lowest BCUT2D eigenvalue weighted by Gasteiger charge is -2.06. The van der Waals surface area contributed by atoms with Crippen LogP contribution < -0.4 is 11.0 Å². The zero-order valence-corrected chi connectivity index (χ0v) is 11.7. The van der Waals surface area contributed by atoms with E-state index in [0.717, 1.165) is 24.3 Å². The second-order valence-electron chi connectivity index (χ2n) is 4.71. The summed E-state index contributed by atoms with van der Waals surface area (Å²) in [6, 6.07) is 3.85. The van der Waals surface area contributed by atoms with Crippen molar-refractivity contribution in [1.82, 2.24) is 24.1 Å². The van der Waals surface area contributed by atoms with Gasteiger partial charge in [0, 0.05) is 30.8 Å². The largest absolute Gasteiger partial charge is 0.385 e. The molecule has 0 saturated carbocycles. The second-order valence-corrected chi connectivity index (χ2v) is 4.71. The molecule has 3 heterocycles. The molecule has 108 valence electrons. The van der Waals surface area contributed by atoms with Crippen LogP contribution in [0.2, 0.25) is 0 Å². The Balaban J connectivity index is 1.88. The predicted octanol–water partition coefficient (Wildman–Crippen LogP) is 1.16. The summed E-state index contributed by atoms with van der Waals surface area (Å²) in [5, 5.41) is 7.54. The zero-order valence-electron chi connectivity index (χ0n) is 11.7. The van der Waals surface area contributed by atoms with E-state index < -0.39 is 0 Å². The van der Waals surface area contributed by atoms with Crippen molar-refractivity contribution in [3.63, 3.8) is 0 Å². The van der Waals surface area contributed by atoms with Gasteiger partial charge in [-0.15, -0.1) is 5.10 Å². The average molecular weight is 284 g/mol. The van der Waals surface area contributed by atoms with Gasteiger partial charge in [0.05, 0.1) is 18.4 Å². The van der Waals surface area contributed by atoms with E-state index in [-0.39, 0.29) is 5.69 Å². The number of hydrogen-bond donors (Lipinski definition) is 1. The van der Waals surface area contributed by atoms with Gasteiger partial charge in [0.2, 0.25) is 0 Å². The van der Waals surface area contributed by atoms with E-state index in [1.807, 2.05) is 12.1 Å². The third-order valence-corrected chi connectivity index (χ3v) is 3.10. The Hall–Kier alpha value is -2.70. The minimum Gasteiger partial charge on any atom is -0.385 e. The van der Waals surface area contributed by atoms with Gasteiger partial charge in [0.1, 0.15) is 0 Å². The molecule has 0 saturated heterocycles. The first-order valence-corrected chi connectivity index (χ1v) is 6.86. The maximum atomic E-state index is 12.2. The summed E-state index contributed by atoms with van der Waals surface area (Å²) in [6.45, 7) is 3.35. The molecule has 0 unspecified atom stereocenters. The van der Waals surface area contributed by atoms with Crippen LogP contribution in [0.15, 0.2) is 41.7 Å². The molecule has 3 aromatic rings. The summed E-state index contributed by atoms with van der Waals surface area (Å²) in [6.07, 6.45) is 7.51. The number of aromatic nitrogens is 5. The van der Waals surface area contributed by atoms with Crippen molar-refractivity contribution in [1.29, 1.82) is 0 Å². The average Bonchev–Trinajstić information content (AvgIpc) is 2.82. The molecule has 0 radical (unpaired) electrons. The summed E-state index contributed by atoms with van der Waals surface area (Å²) in [7, 11) is 0. The van der Waals surface area contributed by atoms with Crippen molar-refractivity contribution >= 4 is 11.3 Å². The maximum absolute atomic E-state index is 12.2. The van der Waals surface area contributed by atoms with Crippen LogP contribution in [0.25, 0.3) is 5.65 Å². The van der Waals surface area contributed by atoms with Gasteiger partial charge in [-0.25, -0.2) is 13.9 Å². The summed E-state index contributed by atoms with van der Waals surface area (Å²) >= 11 is 0. The van der Waals surface area contributed by atoms with Gasteiger partial charge in [-0.3, -0.25) is 9.97 Å². The van der Waals surface area contributed by atoms with Gasteiger partial charge in [0.25, 0.3) is 0 Å². The summed E-state index contributed by atoms with van der Waals surface area (Å²) in [5.41, 5.74) is 2.12. The Morgan fingerprint density at radius 3 is 3.05 bits per heavy atom. The van der Waals surface area contributed by atoms with E-state index in [1.54, 1.807) is 24.8 Å². The molecular formula is C14H16N6O. The molecule has 0 fully saturated rings. The molecule has 0 atom stereocenters. The molecule has 0 amide bonds. The molecule has 0 spiro atoms. The molecule has 0 aliphatic carbocycles. The second kappa shape index (κ2) is 5.74. The molecule has 7 nitrogen and oxygen atoms in total. The fraction of sp³-hybridized carbons (Fsp3) is 0.286. The monoisotopic (exact) mass is 284 g/mol. The minimum absolute atomic E-state index is 0.193. The van der Waals surface area contributed by atoms with E-state index in [2.05, 4.69) is 27.3 Å². The van der Waals surface area contributed by atoms with Gasteiger partial charge in [-0.2, -0.15) is 0 Å². The highest BCUT2D eigenvalue weighted by molar-refractivity contribution is 5.43. The highest BCUT2D eigenvalue weighted by Gasteiger charge is 2.07. The lowest BCUT2D eigenvalue weighted by atomic mass is 10.3. The standard InChI is InChI=1S/C14H16N6O/c1-2-4-16-11-3-5-17-12(8-11)10-20-14(21)19-7-6-15-9-13(19)18-20/h3,5-9H,2,4,10H2,1H3,(H,16,17). The number of nitrogens with zero attached hydrogens (tertiary/aromatic N) is 5. The topological polar surface area (TPSA) is 77.1 Å². The highest BCUT2D eigenvalue weighted by Crippen LogP contribution is 2.08. The SMILES string of the molecule is CCCNc1ccnc(Cn2nc3cnccn3c2=O)c1. The lowest BCUT2D eigenvalue weighted by Crippen LogP contribution is -2.22. The van der Waals surface area contributed by atoms with Crippen LogP contribution in [0.4, 0.5) is 5.69 Å². The Bertz CT molecular complexity index is 806. The van der Waals surface area contributed by atoms with Gasteiger partial charge in [0.15, 0.2) is 5.65 Å². The first-order chi connectivity index (χ1) is 10.3. The Morgan fingerprint density at radius 1 is 1.33 bits per heavy atom. The van der Waals surface area contributed by atoms with E-state index in [1.165, 1.54) is 9.08 Å². The first kappa shape index (κ1) is 13.3. The van der Waals surface area contributed by atoms with Gasteiger partial charge in [-0.1, -0.05) is 6.92 Å². The van der Waals surface area contributed by atoms with Crippen molar-refractivity contribution < 1.29 is 0 Å². The van der Waals surface area contributed by atoms with E-state index in [0.29, 0.717) is 12.2 Å². The third kappa shape index (κ3) is 2.76. The van der Waals surface area contributed by atoms with Crippen LogP contribution in [0, 0.1) is 0 Å². The van der Waals surface area contributed by atoms with Crippen molar-refractivity contribution in [2.75, 3.05) is 11.9 Å². The third-order valence-electron chi connectivity index (χ3n) is 3.10. The highest BCUT2D eigenvalue weighted by atomic mass is 16.2. The summed E-state index contributed by atoms with van der Waals surface area (Å²) in [5.74, 6) is 0. The molecule has 7 heteroatoms. The van der Waals surface area contributed by atoms with Crippen molar-refractivity contribution in [2.45, 2.75) is 19.9 Å². The van der Waals surface area contributed by atoms with Crippen LogP contribution in [0.3, 0.4) is 0 Å². The fourth-order valence-electron chi connectivity index (χ4n) is 2.08. The van der Waals surface area contributed by atoms with Crippen molar-refractivity contribution in [3.8, 4) is 0 Å². The predicted molar refractivity (Wildman–Crippen MR) is 79.4 cm³/mol. The van der Waals surface area contributed by atoms with Crippen LogP contribution in [0.5, 0.6) is 0 Å². The molecule has 3 aromatic heterocycles. The molecule has 0 bridgehead atoms. The molecule has 21 heavy (non-hydrogen) atoms. The van der Waals surface area contributed by atoms with Crippen molar-refractivity contribution in [2.24, 2.45) is 0 Å². The number of hydrogen-bond acceptors (Lipinski definition) is 5. The van der Waals surface area contributed by atoms with Crippen LogP contribution in [0.1, 0.15) is 19.0 Å². The van der Waals surface area contributed by atoms with Crippen LogP contribution in [-0.2, 0) is 6.54 Å². The van der Waals surface area contributed by atoms with Crippen LogP contribution >= 0.6 is 0 Å². The number of anilines is 1. The van der Waals surface area contributed by atoms with Gasteiger partial charge in [-0.05, 0) is 18.6 Å². The first-order valence-electron chi connectivity index (χ1n) is 6.86. The normalized spacial score (nSPS) is 10.9. The molecule has 0 aromatic carbocycles. The molecule has 0 aliphatic rings. The molecule has 3 rings (SSSR count). The van der Waals surface area contributed by atoms with Gasteiger partial charge < -0.3 is 5.32 Å². The van der Waals surface area contributed by atoms with Crippen molar-refractivity contribution in [3.05, 3.63) is 53.1 Å².